The summed E-state index contributed by atoms with van der Waals surface area (Å²) in [5.74, 6) is -1.49. The molecule has 6 heteroatoms. The maximum atomic E-state index is 13.2. The molecule has 1 heterocycles. The van der Waals surface area contributed by atoms with E-state index in [1.807, 2.05) is 24.3 Å². The van der Waals surface area contributed by atoms with Gasteiger partial charge in [0, 0.05) is 16.8 Å². The van der Waals surface area contributed by atoms with Crippen LogP contribution in [0, 0.1) is 5.82 Å². The summed E-state index contributed by atoms with van der Waals surface area (Å²) in [4.78, 5) is 12.0. The van der Waals surface area contributed by atoms with Crippen LogP contribution in [-0.2, 0) is 17.6 Å². The van der Waals surface area contributed by atoms with Crippen LogP contribution >= 0.6 is 11.6 Å². The Morgan fingerprint density at radius 1 is 1.27 bits per heavy atom. The summed E-state index contributed by atoms with van der Waals surface area (Å²) in [6.07, 6.45) is 4.60. The fourth-order valence-corrected chi connectivity index (χ4v) is 3.22. The maximum absolute atomic E-state index is 13.2. The zero-order valence-corrected chi connectivity index (χ0v) is 15.1. The molecule has 1 aromatic heterocycles. The van der Waals surface area contributed by atoms with Gasteiger partial charge in [-0.1, -0.05) is 42.8 Å². The average Bonchev–Trinajstić information content (AvgIpc) is 3.10. The van der Waals surface area contributed by atoms with Crippen LogP contribution in [0.5, 0.6) is 0 Å². The summed E-state index contributed by atoms with van der Waals surface area (Å²) in [6, 6.07) is 12.1. The Hall–Kier alpha value is -2.66. The van der Waals surface area contributed by atoms with Crippen LogP contribution in [-0.4, -0.2) is 15.7 Å². The summed E-state index contributed by atoms with van der Waals surface area (Å²) < 4.78 is 15.0. The van der Waals surface area contributed by atoms with E-state index in [1.54, 1.807) is 23.1 Å². The molecule has 4 nitrogen and oxygen atoms in total. The van der Waals surface area contributed by atoms with Crippen molar-refractivity contribution in [2.24, 2.45) is 5.73 Å². The van der Waals surface area contributed by atoms with Gasteiger partial charge in [-0.15, -0.1) is 0 Å². The van der Waals surface area contributed by atoms with Crippen molar-refractivity contribution in [1.82, 2.24) is 9.78 Å². The summed E-state index contributed by atoms with van der Waals surface area (Å²) >= 11 is 6.09. The molecule has 26 heavy (non-hydrogen) atoms. The predicted molar refractivity (Wildman–Crippen MR) is 100.0 cm³/mol. The Morgan fingerprint density at radius 2 is 2.04 bits per heavy atom. The van der Waals surface area contributed by atoms with Gasteiger partial charge in [0.15, 0.2) is 0 Å². The fourth-order valence-electron chi connectivity index (χ4n) is 2.97. The van der Waals surface area contributed by atoms with Crippen LogP contribution in [0.4, 0.5) is 4.39 Å². The molecule has 0 saturated heterocycles. The van der Waals surface area contributed by atoms with Crippen LogP contribution in [0.2, 0.25) is 5.02 Å². The van der Waals surface area contributed by atoms with E-state index in [1.165, 1.54) is 12.1 Å². The molecule has 0 fully saturated rings. The third kappa shape index (κ3) is 3.78. The van der Waals surface area contributed by atoms with Crippen molar-refractivity contribution in [1.29, 1.82) is 0 Å². The number of nitrogens with two attached hydrogens (primary N) is 1. The van der Waals surface area contributed by atoms with Crippen molar-refractivity contribution in [3.05, 3.63) is 82.4 Å². The topological polar surface area (TPSA) is 60.9 Å². The summed E-state index contributed by atoms with van der Waals surface area (Å²) in [6.45, 7) is 2.08. The van der Waals surface area contributed by atoms with Gasteiger partial charge in [0.05, 0.1) is 17.8 Å². The lowest BCUT2D eigenvalue weighted by Crippen LogP contribution is -2.23. The number of aryl methyl sites for hydroxylation is 1. The SMILES string of the molecule is CCc1ccccc1-n1cc(C(Cc2ccc(F)cc2Cl)C(N)=O)cn1. The van der Waals surface area contributed by atoms with Gasteiger partial charge in [0.2, 0.25) is 5.91 Å². The van der Waals surface area contributed by atoms with Crippen molar-refractivity contribution in [3.8, 4) is 5.69 Å². The number of para-hydroxylation sites is 1. The molecule has 3 aromatic rings. The summed E-state index contributed by atoms with van der Waals surface area (Å²) in [7, 11) is 0. The van der Waals surface area contributed by atoms with Crippen LogP contribution in [0.25, 0.3) is 5.69 Å². The van der Waals surface area contributed by atoms with Crippen molar-refractivity contribution in [2.75, 3.05) is 0 Å². The second-order valence-electron chi connectivity index (χ2n) is 6.10. The number of carbonyl (C=O) groups excluding carboxylic acids is 1. The molecule has 1 unspecified atom stereocenters. The van der Waals surface area contributed by atoms with Crippen molar-refractivity contribution >= 4 is 17.5 Å². The third-order valence-corrected chi connectivity index (χ3v) is 4.76. The second-order valence-corrected chi connectivity index (χ2v) is 6.50. The Labute approximate surface area is 156 Å². The van der Waals surface area contributed by atoms with E-state index in [2.05, 4.69) is 12.0 Å². The molecular weight excluding hydrogens is 353 g/mol. The Morgan fingerprint density at radius 3 is 2.73 bits per heavy atom. The van der Waals surface area contributed by atoms with E-state index < -0.39 is 17.6 Å². The first-order valence-corrected chi connectivity index (χ1v) is 8.73. The highest BCUT2D eigenvalue weighted by molar-refractivity contribution is 6.31. The second kappa shape index (κ2) is 7.70. The molecular formula is C20H19ClFN3O. The minimum Gasteiger partial charge on any atom is -0.369 e. The van der Waals surface area contributed by atoms with Crippen molar-refractivity contribution < 1.29 is 9.18 Å². The monoisotopic (exact) mass is 371 g/mol. The lowest BCUT2D eigenvalue weighted by Gasteiger charge is -2.13. The minimum atomic E-state index is -0.597. The Bertz CT molecular complexity index is 938. The van der Waals surface area contributed by atoms with Gasteiger partial charge in [-0.3, -0.25) is 4.79 Å². The number of primary amides is 1. The quantitative estimate of drug-likeness (QED) is 0.710. The molecule has 1 amide bonds. The average molecular weight is 372 g/mol. The number of amides is 1. The third-order valence-electron chi connectivity index (χ3n) is 4.41. The number of rotatable bonds is 6. The largest absolute Gasteiger partial charge is 0.369 e. The number of aromatic nitrogens is 2. The molecule has 2 N–H and O–H groups in total. The molecule has 0 saturated carbocycles. The number of halogens is 2. The molecule has 3 rings (SSSR count). The van der Waals surface area contributed by atoms with Crippen LogP contribution in [0.15, 0.2) is 54.9 Å². The lowest BCUT2D eigenvalue weighted by atomic mass is 9.93. The standard InChI is InChI=1S/C20H19ClFN3O/c1-2-13-5-3-4-6-19(13)25-12-15(11-24-25)17(20(23)26)9-14-7-8-16(22)10-18(14)21/h3-8,10-12,17H,2,9H2,1H3,(H2,23,26). The van der Waals surface area contributed by atoms with Crippen LogP contribution < -0.4 is 5.73 Å². The number of nitrogens with zero attached hydrogens (tertiary/aromatic N) is 2. The number of hydrogen-bond acceptors (Lipinski definition) is 2. The van der Waals surface area contributed by atoms with Crippen molar-refractivity contribution in [2.45, 2.75) is 25.7 Å². The molecule has 0 aliphatic rings. The zero-order valence-electron chi connectivity index (χ0n) is 14.3. The maximum Gasteiger partial charge on any atom is 0.225 e. The molecule has 0 aliphatic carbocycles. The normalized spacial score (nSPS) is 12.1. The first-order valence-electron chi connectivity index (χ1n) is 8.35. The van der Waals surface area contributed by atoms with E-state index in [0.29, 0.717) is 11.1 Å². The van der Waals surface area contributed by atoms with Gasteiger partial charge in [-0.2, -0.15) is 5.10 Å². The van der Waals surface area contributed by atoms with E-state index >= 15 is 0 Å². The van der Waals surface area contributed by atoms with E-state index in [0.717, 1.165) is 17.7 Å². The fraction of sp³-hybridized carbons (Fsp3) is 0.200. The van der Waals surface area contributed by atoms with Gasteiger partial charge < -0.3 is 5.73 Å². The van der Waals surface area contributed by atoms with E-state index in [9.17, 15) is 9.18 Å². The highest BCUT2D eigenvalue weighted by Gasteiger charge is 2.22. The van der Waals surface area contributed by atoms with Gasteiger partial charge in [0.1, 0.15) is 5.82 Å². The molecule has 0 spiro atoms. The molecule has 0 radical (unpaired) electrons. The van der Waals surface area contributed by atoms with Gasteiger partial charge in [-0.25, -0.2) is 9.07 Å². The predicted octanol–water partition coefficient (Wildman–Crippen LogP) is 4.04. The van der Waals surface area contributed by atoms with Gasteiger partial charge >= 0.3 is 0 Å². The number of carbonyl (C=O) groups is 1. The van der Waals surface area contributed by atoms with Gasteiger partial charge in [0.25, 0.3) is 0 Å². The Balaban J connectivity index is 1.92. The Kier molecular flexibility index (Phi) is 5.38. The molecule has 0 bridgehead atoms. The zero-order chi connectivity index (χ0) is 18.7. The highest BCUT2D eigenvalue weighted by Crippen LogP contribution is 2.26. The van der Waals surface area contributed by atoms with E-state index in [-0.39, 0.29) is 11.4 Å². The van der Waals surface area contributed by atoms with Crippen molar-refractivity contribution in [3.63, 3.8) is 0 Å². The van der Waals surface area contributed by atoms with Crippen LogP contribution in [0.1, 0.15) is 29.5 Å². The molecule has 0 aliphatic heterocycles. The summed E-state index contributed by atoms with van der Waals surface area (Å²) in [5, 5.41) is 4.67. The van der Waals surface area contributed by atoms with Gasteiger partial charge in [-0.05, 0) is 42.2 Å². The minimum absolute atomic E-state index is 0.278. The first kappa shape index (κ1) is 18.1. The number of hydrogen-bond donors (Lipinski definition) is 1. The van der Waals surface area contributed by atoms with Crippen LogP contribution in [0.3, 0.4) is 0 Å². The lowest BCUT2D eigenvalue weighted by molar-refractivity contribution is -0.119. The molecule has 134 valence electrons. The number of benzene rings is 2. The van der Waals surface area contributed by atoms with E-state index in [4.69, 9.17) is 17.3 Å². The molecule has 2 aromatic carbocycles. The smallest absolute Gasteiger partial charge is 0.225 e. The summed E-state index contributed by atoms with van der Waals surface area (Å²) in [5.41, 5.74) is 9.09. The highest BCUT2D eigenvalue weighted by atomic mass is 35.5. The first-order chi connectivity index (χ1) is 12.5. The molecule has 1 atom stereocenters.